The van der Waals surface area contributed by atoms with Crippen molar-refractivity contribution in [1.82, 2.24) is 10.2 Å². The molecule has 6 nitrogen and oxygen atoms in total. The molecule has 2 rings (SSSR count). The average Bonchev–Trinajstić information content (AvgIpc) is 2.64. The van der Waals surface area contributed by atoms with E-state index in [2.05, 4.69) is 5.32 Å². The predicted octanol–water partition coefficient (Wildman–Crippen LogP) is 2.33. The van der Waals surface area contributed by atoms with Gasteiger partial charge in [-0.15, -0.1) is 0 Å². The highest BCUT2D eigenvalue weighted by Crippen LogP contribution is 2.25. The lowest BCUT2D eigenvalue weighted by Crippen LogP contribution is -2.44. The maximum absolute atomic E-state index is 12.9. The van der Waals surface area contributed by atoms with Crippen molar-refractivity contribution in [3.63, 3.8) is 0 Å². The van der Waals surface area contributed by atoms with Crippen LogP contribution in [0.5, 0.6) is 11.5 Å². The van der Waals surface area contributed by atoms with E-state index in [-0.39, 0.29) is 23.7 Å². The lowest BCUT2D eigenvalue weighted by molar-refractivity contribution is -0.124. The predicted molar refractivity (Wildman–Crippen MR) is 96.0 cm³/mol. The number of methoxy groups -OCH3 is 2. The third-order valence-electron chi connectivity index (χ3n) is 4.49. The molecule has 25 heavy (non-hydrogen) atoms. The van der Waals surface area contributed by atoms with Gasteiger partial charge in [0.25, 0.3) is 5.91 Å². The minimum atomic E-state index is -0.0305. The zero-order valence-corrected chi connectivity index (χ0v) is 15.5. The fourth-order valence-corrected chi connectivity index (χ4v) is 2.98. The molecule has 0 saturated carbocycles. The molecule has 1 fully saturated rings. The van der Waals surface area contributed by atoms with Crippen LogP contribution in [-0.4, -0.2) is 50.6 Å². The Balaban J connectivity index is 2.03. The zero-order chi connectivity index (χ0) is 18.4. The van der Waals surface area contributed by atoms with E-state index < -0.39 is 0 Å². The fraction of sp³-hybridized carbons (Fsp3) is 0.579. The van der Waals surface area contributed by atoms with Crippen molar-refractivity contribution >= 4 is 11.8 Å². The molecule has 6 heteroatoms. The van der Waals surface area contributed by atoms with Gasteiger partial charge in [-0.25, -0.2) is 0 Å². The van der Waals surface area contributed by atoms with Gasteiger partial charge in [-0.2, -0.15) is 0 Å². The van der Waals surface area contributed by atoms with Crippen LogP contribution in [0.25, 0.3) is 0 Å². The normalized spacial score (nSPS) is 17.3. The Morgan fingerprint density at radius 1 is 1.20 bits per heavy atom. The molecule has 0 aliphatic carbocycles. The fourth-order valence-electron chi connectivity index (χ4n) is 2.98. The summed E-state index contributed by atoms with van der Waals surface area (Å²) in [5.41, 5.74) is 0.558. The molecule has 0 bridgehead atoms. The molecule has 1 atom stereocenters. The van der Waals surface area contributed by atoms with Crippen LogP contribution in [0.15, 0.2) is 18.2 Å². The van der Waals surface area contributed by atoms with Crippen LogP contribution < -0.4 is 14.8 Å². The van der Waals surface area contributed by atoms with Crippen molar-refractivity contribution < 1.29 is 19.1 Å². The number of nitrogens with one attached hydrogen (secondary N) is 1. The SMILES string of the molecule is COc1cc(OC)cc(C(=O)N2CCC[C@H](CNC(=O)C(C)C)C2)c1. The van der Waals surface area contributed by atoms with Crippen molar-refractivity contribution in [3.05, 3.63) is 23.8 Å². The van der Waals surface area contributed by atoms with E-state index in [0.29, 0.717) is 30.2 Å². The summed E-state index contributed by atoms with van der Waals surface area (Å²) >= 11 is 0. The monoisotopic (exact) mass is 348 g/mol. The van der Waals surface area contributed by atoms with Crippen LogP contribution in [0.2, 0.25) is 0 Å². The van der Waals surface area contributed by atoms with Crippen LogP contribution in [0.4, 0.5) is 0 Å². The highest BCUT2D eigenvalue weighted by molar-refractivity contribution is 5.95. The quantitative estimate of drug-likeness (QED) is 0.857. The number of piperidine rings is 1. The third kappa shape index (κ3) is 5.11. The number of likely N-dealkylation sites (tertiary alicyclic amines) is 1. The molecule has 2 amide bonds. The molecule has 0 radical (unpaired) electrons. The first-order valence-electron chi connectivity index (χ1n) is 8.74. The Labute approximate surface area is 149 Å². The lowest BCUT2D eigenvalue weighted by atomic mass is 9.97. The Morgan fingerprint density at radius 3 is 2.40 bits per heavy atom. The second-order valence-corrected chi connectivity index (χ2v) is 6.76. The number of rotatable bonds is 6. The van der Waals surface area contributed by atoms with E-state index in [9.17, 15) is 9.59 Å². The molecule has 138 valence electrons. The van der Waals surface area contributed by atoms with E-state index in [4.69, 9.17) is 9.47 Å². The van der Waals surface area contributed by atoms with Crippen LogP contribution in [0, 0.1) is 11.8 Å². The first-order valence-corrected chi connectivity index (χ1v) is 8.74. The smallest absolute Gasteiger partial charge is 0.254 e. The molecule has 0 unspecified atom stereocenters. The molecule has 0 aromatic heterocycles. The van der Waals surface area contributed by atoms with Gasteiger partial charge in [-0.05, 0) is 30.9 Å². The molecule has 1 aliphatic heterocycles. The molecule has 0 spiro atoms. The zero-order valence-electron chi connectivity index (χ0n) is 15.5. The number of hydrogen-bond acceptors (Lipinski definition) is 4. The van der Waals surface area contributed by atoms with Gasteiger partial charge in [0.1, 0.15) is 11.5 Å². The first kappa shape index (κ1) is 19.1. The van der Waals surface area contributed by atoms with Gasteiger partial charge in [-0.1, -0.05) is 13.8 Å². The maximum atomic E-state index is 12.9. The second kappa shape index (κ2) is 8.74. The Bertz CT molecular complexity index is 593. The van der Waals surface area contributed by atoms with Gasteiger partial charge in [0.15, 0.2) is 0 Å². The lowest BCUT2D eigenvalue weighted by Gasteiger charge is -2.33. The summed E-state index contributed by atoms with van der Waals surface area (Å²) < 4.78 is 10.5. The van der Waals surface area contributed by atoms with Crippen LogP contribution in [0.1, 0.15) is 37.0 Å². The van der Waals surface area contributed by atoms with Gasteiger partial charge in [0.2, 0.25) is 5.91 Å². The molecule has 1 N–H and O–H groups in total. The number of ether oxygens (including phenoxy) is 2. The average molecular weight is 348 g/mol. The molecular formula is C19H28N2O4. The van der Waals surface area contributed by atoms with Gasteiger partial charge in [-0.3, -0.25) is 9.59 Å². The van der Waals surface area contributed by atoms with Gasteiger partial charge >= 0.3 is 0 Å². The Morgan fingerprint density at radius 2 is 1.84 bits per heavy atom. The van der Waals surface area contributed by atoms with Crippen molar-refractivity contribution in [3.8, 4) is 11.5 Å². The minimum absolute atomic E-state index is 0.0226. The second-order valence-electron chi connectivity index (χ2n) is 6.76. The third-order valence-corrected chi connectivity index (χ3v) is 4.49. The number of nitrogens with zero attached hydrogens (tertiary/aromatic N) is 1. The number of benzene rings is 1. The molecule has 1 aromatic carbocycles. The van der Waals surface area contributed by atoms with E-state index >= 15 is 0 Å². The van der Waals surface area contributed by atoms with Crippen LogP contribution in [-0.2, 0) is 4.79 Å². The first-order chi connectivity index (χ1) is 11.9. The Kier molecular flexibility index (Phi) is 6.67. The van der Waals surface area contributed by atoms with Crippen LogP contribution >= 0.6 is 0 Å². The van der Waals surface area contributed by atoms with Crippen molar-refractivity contribution in [2.24, 2.45) is 11.8 Å². The number of carbonyl (C=O) groups is 2. The highest BCUT2D eigenvalue weighted by Gasteiger charge is 2.25. The van der Waals surface area contributed by atoms with Gasteiger partial charge < -0.3 is 19.7 Å². The summed E-state index contributed by atoms with van der Waals surface area (Å²) in [7, 11) is 3.13. The summed E-state index contributed by atoms with van der Waals surface area (Å²) in [6, 6.07) is 5.21. The molecule has 1 aromatic rings. The molecular weight excluding hydrogens is 320 g/mol. The standard InChI is InChI=1S/C19H28N2O4/c1-13(2)18(22)20-11-14-6-5-7-21(12-14)19(23)15-8-16(24-3)10-17(9-15)25-4/h8-10,13-14H,5-7,11-12H2,1-4H3,(H,20,22)/t14-/m1/s1. The minimum Gasteiger partial charge on any atom is -0.497 e. The van der Waals surface area contributed by atoms with Crippen molar-refractivity contribution in [2.45, 2.75) is 26.7 Å². The number of amides is 2. The summed E-state index contributed by atoms with van der Waals surface area (Å²) in [6.07, 6.45) is 1.96. The highest BCUT2D eigenvalue weighted by atomic mass is 16.5. The van der Waals surface area contributed by atoms with Crippen molar-refractivity contribution in [2.75, 3.05) is 33.9 Å². The molecule has 1 saturated heterocycles. The summed E-state index contributed by atoms with van der Waals surface area (Å²) in [5.74, 6) is 1.48. The maximum Gasteiger partial charge on any atom is 0.254 e. The largest absolute Gasteiger partial charge is 0.497 e. The van der Waals surface area contributed by atoms with Crippen molar-refractivity contribution in [1.29, 1.82) is 0 Å². The summed E-state index contributed by atoms with van der Waals surface area (Å²) in [5, 5.41) is 2.97. The van der Waals surface area contributed by atoms with E-state index in [0.717, 1.165) is 19.4 Å². The van der Waals surface area contributed by atoms with Crippen LogP contribution in [0.3, 0.4) is 0 Å². The topological polar surface area (TPSA) is 67.9 Å². The van der Waals surface area contributed by atoms with E-state index in [1.165, 1.54) is 0 Å². The number of hydrogen-bond donors (Lipinski definition) is 1. The van der Waals surface area contributed by atoms with E-state index in [1.807, 2.05) is 18.7 Å². The van der Waals surface area contributed by atoms with Gasteiger partial charge in [0, 0.05) is 37.2 Å². The summed E-state index contributed by atoms with van der Waals surface area (Å²) in [6.45, 7) is 5.75. The molecule has 1 aliphatic rings. The van der Waals surface area contributed by atoms with E-state index in [1.54, 1.807) is 32.4 Å². The summed E-state index contributed by atoms with van der Waals surface area (Å²) in [4.78, 5) is 26.5. The number of carbonyl (C=O) groups excluding carboxylic acids is 2. The molecule has 1 heterocycles. The Hall–Kier alpha value is -2.24. The van der Waals surface area contributed by atoms with Gasteiger partial charge in [0.05, 0.1) is 14.2 Å².